The number of hydrogen-bond donors (Lipinski definition) is 1. The van der Waals surface area contributed by atoms with Crippen LogP contribution in [-0.4, -0.2) is 55.9 Å². The molecule has 4 rings (SSSR count). The maximum Gasteiger partial charge on any atom is 0.368 e. The van der Waals surface area contributed by atoms with Crippen molar-refractivity contribution in [2.24, 2.45) is 5.73 Å². The number of aromatic nitrogens is 1. The molecule has 0 radical (unpaired) electrons. The summed E-state index contributed by atoms with van der Waals surface area (Å²) in [6.45, 7) is 2.85. The van der Waals surface area contributed by atoms with Crippen LogP contribution < -0.4 is 15.4 Å². The third-order valence-electron chi connectivity index (χ3n) is 5.38. The number of carbonyl (C=O) groups excluding carboxylic acids is 2. The largest absolute Gasteiger partial charge is 0.494 e. The first kappa shape index (κ1) is 18.9. The van der Waals surface area contributed by atoms with Gasteiger partial charge in [0.2, 0.25) is 5.01 Å². The molecule has 1 aromatic heterocycles. The normalized spacial score (nSPS) is 19.0. The van der Waals surface area contributed by atoms with Gasteiger partial charge in [0.05, 0.1) is 30.7 Å². The van der Waals surface area contributed by atoms with E-state index in [1.54, 1.807) is 7.11 Å². The van der Waals surface area contributed by atoms with Gasteiger partial charge in [0.25, 0.3) is 5.91 Å². The minimum absolute atomic E-state index is 0.196. The van der Waals surface area contributed by atoms with Gasteiger partial charge in [-0.25, -0.2) is 9.78 Å². The molecule has 2 aromatic rings. The molecule has 150 valence electrons. The van der Waals surface area contributed by atoms with Crippen LogP contribution in [0.5, 0.6) is 5.75 Å². The number of hydrogen-bond acceptors (Lipinski definition) is 8. The summed E-state index contributed by atoms with van der Waals surface area (Å²) in [4.78, 5) is 31.4. The Hall–Kier alpha value is -2.39. The SMILES string of the molecule is COc1ccc(N2CCOCC2)c2sc(C(=O)OC3(C(N)=O)CCCC3)nc12. The third kappa shape index (κ3) is 3.29. The van der Waals surface area contributed by atoms with Crippen LogP contribution in [-0.2, 0) is 14.3 Å². The number of methoxy groups -OCH3 is 1. The molecule has 1 saturated heterocycles. The maximum absolute atomic E-state index is 12.8. The van der Waals surface area contributed by atoms with Gasteiger partial charge in [-0.2, -0.15) is 0 Å². The third-order valence-corrected chi connectivity index (χ3v) is 6.44. The molecule has 2 heterocycles. The van der Waals surface area contributed by atoms with Gasteiger partial charge >= 0.3 is 5.97 Å². The number of primary amides is 1. The number of nitrogens with two attached hydrogens (primary N) is 1. The molecular formula is C19H23N3O5S. The van der Waals surface area contributed by atoms with Crippen LogP contribution in [0.25, 0.3) is 10.2 Å². The Balaban J connectivity index is 1.69. The second kappa shape index (κ2) is 7.56. The van der Waals surface area contributed by atoms with Crippen LogP contribution >= 0.6 is 11.3 Å². The number of anilines is 1. The molecule has 1 amide bonds. The van der Waals surface area contributed by atoms with Gasteiger partial charge in [-0.05, 0) is 37.8 Å². The molecular weight excluding hydrogens is 382 g/mol. The van der Waals surface area contributed by atoms with Gasteiger partial charge in [-0.1, -0.05) is 0 Å². The molecule has 1 aliphatic heterocycles. The van der Waals surface area contributed by atoms with Crippen molar-refractivity contribution in [3.05, 3.63) is 17.1 Å². The number of nitrogens with zero attached hydrogens (tertiary/aromatic N) is 2. The zero-order chi connectivity index (χ0) is 19.7. The summed E-state index contributed by atoms with van der Waals surface area (Å²) >= 11 is 1.25. The molecule has 28 heavy (non-hydrogen) atoms. The Morgan fingerprint density at radius 1 is 1.25 bits per heavy atom. The lowest BCUT2D eigenvalue weighted by atomic mass is 10.0. The lowest BCUT2D eigenvalue weighted by Crippen LogP contribution is -2.45. The Morgan fingerprint density at radius 3 is 2.61 bits per heavy atom. The highest BCUT2D eigenvalue weighted by Gasteiger charge is 2.44. The van der Waals surface area contributed by atoms with Crippen LogP contribution in [0.4, 0.5) is 5.69 Å². The van der Waals surface area contributed by atoms with Crippen LogP contribution in [0.3, 0.4) is 0 Å². The topological polar surface area (TPSA) is 104 Å². The fourth-order valence-corrected chi connectivity index (χ4v) is 4.84. The van der Waals surface area contributed by atoms with Crippen LogP contribution in [0, 0.1) is 0 Å². The summed E-state index contributed by atoms with van der Waals surface area (Å²) in [5.41, 5.74) is 5.91. The highest BCUT2D eigenvalue weighted by molar-refractivity contribution is 7.21. The fraction of sp³-hybridized carbons (Fsp3) is 0.526. The molecule has 0 spiro atoms. The smallest absolute Gasteiger partial charge is 0.368 e. The van der Waals surface area contributed by atoms with Crippen molar-refractivity contribution in [1.29, 1.82) is 0 Å². The van der Waals surface area contributed by atoms with Gasteiger partial charge in [0.15, 0.2) is 5.60 Å². The van der Waals surface area contributed by atoms with Crippen molar-refractivity contribution in [2.45, 2.75) is 31.3 Å². The van der Waals surface area contributed by atoms with E-state index in [4.69, 9.17) is 19.9 Å². The Bertz CT molecular complexity index is 900. The zero-order valence-corrected chi connectivity index (χ0v) is 16.5. The number of amides is 1. The molecule has 1 aliphatic carbocycles. The van der Waals surface area contributed by atoms with Crippen molar-refractivity contribution in [3.63, 3.8) is 0 Å². The Labute approximate surface area is 166 Å². The number of fused-ring (bicyclic) bond motifs is 1. The lowest BCUT2D eigenvalue weighted by molar-refractivity contribution is -0.136. The number of thiazole rings is 1. The molecule has 0 atom stereocenters. The first-order chi connectivity index (χ1) is 13.5. The van der Waals surface area contributed by atoms with Crippen LogP contribution in [0.1, 0.15) is 35.5 Å². The molecule has 1 saturated carbocycles. The quantitative estimate of drug-likeness (QED) is 0.760. The van der Waals surface area contributed by atoms with Gasteiger partial charge in [-0.3, -0.25) is 4.79 Å². The van der Waals surface area contributed by atoms with E-state index < -0.39 is 17.5 Å². The van der Waals surface area contributed by atoms with Crippen molar-refractivity contribution in [2.75, 3.05) is 38.3 Å². The number of rotatable bonds is 5. The molecule has 8 nitrogen and oxygen atoms in total. The van der Waals surface area contributed by atoms with E-state index in [0.29, 0.717) is 37.3 Å². The number of morpholine rings is 1. The summed E-state index contributed by atoms with van der Waals surface area (Å²) < 4.78 is 17.3. The predicted octanol–water partition coefficient (Wildman–Crippen LogP) is 2.10. The number of esters is 1. The minimum atomic E-state index is -1.22. The van der Waals surface area contributed by atoms with Gasteiger partial charge in [-0.15, -0.1) is 11.3 Å². The first-order valence-corrected chi connectivity index (χ1v) is 10.2. The van der Waals surface area contributed by atoms with Gasteiger partial charge in [0, 0.05) is 13.1 Å². The lowest BCUT2D eigenvalue weighted by Gasteiger charge is -2.29. The average molecular weight is 405 g/mol. The molecule has 2 N–H and O–H groups in total. The predicted molar refractivity (Wildman–Crippen MR) is 105 cm³/mol. The number of carbonyl (C=O) groups is 2. The van der Waals surface area contributed by atoms with Crippen LogP contribution in [0.15, 0.2) is 12.1 Å². The second-order valence-electron chi connectivity index (χ2n) is 7.04. The molecule has 2 aliphatic rings. The summed E-state index contributed by atoms with van der Waals surface area (Å²) in [6, 6.07) is 3.82. The molecule has 1 aromatic carbocycles. The van der Waals surface area contributed by atoms with E-state index in [1.807, 2.05) is 12.1 Å². The van der Waals surface area contributed by atoms with E-state index in [9.17, 15) is 9.59 Å². The highest BCUT2D eigenvalue weighted by Crippen LogP contribution is 2.39. The van der Waals surface area contributed by atoms with Gasteiger partial charge in [0.1, 0.15) is 11.3 Å². The Kier molecular flexibility index (Phi) is 5.11. The van der Waals surface area contributed by atoms with Crippen LogP contribution in [0.2, 0.25) is 0 Å². The highest BCUT2D eigenvalue weighted by atomic mass is 32.1. The summed E-state index contributed by atoms with van der Waals surface area (Å²) in [5.74, 6) is -0.615. The standard InChI is InChI=1S/C19H23N3O5S/c1-25-13-5-4-12(22-8-10-26-11-9-22)15-14(13)21-16(28-15)17(23)27-19(18(20)24)6-2-3-7-19/h4-5H,2-3,6-11H2,1H3,(H2,20,24). The first-order valence-electron chi connectivity index (χ1n) is 9.37. The monoisotopic (exact) mass is 405 g/mol. The molecule has 2 fully saturated rings. The minimum Gasteiger partial charge on any atom is -0.494 e. The van der Waals surface area contributed by atoms with E-state index in [0.717, 1.165) is 36.3 Å². The van der Waals surface area contributed by atoms with Crippen molar-refractivity contribution in [1.82, 2.24) is 4.98 Å². The number of benzene rings is 1. The number of ether oxygens (including phenoxy) is 3. The summed E-state index contributed by atoms with van der Waals surface area (Å²) in [7, 11) is 1.57. The molecule has 9 heteroatoms. The second-order valence-corrected chi connectivity index (χ2v) is 8.04. The van der Waals surface area contributed by atoms with E-state index in [2.05, 4.69) is 9.88 Å². The van der Waals surface area contributed by atoms with Crippen molar-refractivity contribution in [3.8, 4) is 5.75 Å². The average Bonchev–Trinajstić information content (AvgIpc) is 3.36. The van der Waals surface area contributed by atoms with E-state index >= 15 is 0 Å². The zero-order valence-electron chi connectivity index (χ0n) is 15.7. The summed E-state index contributed by atoms with van der Waals surface area (Å²) in [5, 5.41) is 0.196. The van der Waals surface area contributed by atoms with Crippen molar-refractivity contribution >= 4 is 39.1 Å². The van der Waals surface area contributed by atoms with E-state index in [1.165, 1.54) is 11.3 Å². The Morgan fingerprint density at radius 2 is 1.96 bits per heavy atom. The van der Waals surface area contributed by atoms with Crippen molar-refractivity contribution < 1.29 is 23.8 Å². The van der Waals surface area contributed by atoms with E-state index in [-0.39, 0.29) is 5.01 Å². The molecule has 0 bridgehead atoms. The fourth-order valence-electron chi connectivity index (χ4n) is 3.84. The summed E-state index contributed by atoms with van der Waals surface area (Å²) in [6.07, 6.45) is 2.54. The van der Waals surface area contributed by atoms with Gasteiger partial charge < -0.3 is 24.8 Å². The maximum atomic E-state index is 12.8. The molecule has 0 unspecified atom stereocenters.